The summed E-state index contributed by atoms with van der Waals surface area (Å²) in [7, 11) is 0. The normalized spacial score (nSPS) is 14.4. The second kappa shape index (κ2) is 5.37. The van der Waals surface area contributed by atoms with Crippen molar-refractivity contribution in [3.8, 4) is 0 Å². The van der Waals surface area contributed by atoms with Gasteiger partial charge in [-0.1, -0.05) is 32.4 Å². The van der Waals surface area contributed by atoms with Gasteiger partial charge in [-0.25, -0.2) is 0 Å². The predicted octanol–water partition coefficient (Wildman–Crippen LogP) is 3.64. The third kappa shape index (κ3) is 2.39. The van der Waals surface area contributed by atoms with Gasteiger partial charge >= 0.3 is 0 Å². The van der Waals surface area contributed by atoms with Crippen molar-refractivity contribution in [3.05, 3.63) is 36.0 Å². The molecule has 0 radical (unpaired) electrons. The van der Waals surface area contributed by atoms with E-state index in [1.165, 1.54) is 16.5 Å². The lowest BCUT2D eigenvalue weighted by Crippen LogP contribution is -2.18. The minimum absolute atomic E-state index is 0. The molecule has 3 heteroatoms. The highest BCUT2D eigenvalue weighted by molar-refractivity contribution is 5.85. The predicted molar refractivity (Wildman–Crippen MR) is 71.9 cm³/mol. The second-order valence-electron chi connectivity index (χ2n) is 4.24. The molecule has 2 aromatic rings. The zero-order valence-corrected chi connectivity index (χ0v) is 10.6. The monoisotopic (exact) mass is 238 g/mol. The van der Waals surface area contributed by atoms with Gasteiger partial charge in [-0.3, -0.25) is 0 Å². The van der Waals surface area contributed by atoms with Crippen molar-refractivity contribution in [3.63, 3.8) is 0 Å². The smallest absolute Gasteiger partial charge is 0.0457 e. The van der Waals surface area contributed by atoms with Crippen molar-refractivity contribution < 1.29 is 0 Å². The summed E-state index contributed by atoms with van der Waals surface area (Å²) in [6.07, 6.45) is 3.08. The number of rotatable bonds is 3. The molecule has 0 amide bonds. The first-order valence-corrected chi connectivity index (χ1v) is 5.55. The van der Waals surface area contributed by atoms with Crippen molar-refractivity contribution in [2.75, 3.05) is 0 Å². The molecule has 0 fully saturated rings. The minimum Gasteiger partial charge on any atom is -0.361 e. The molecule has 16 heavy (non-hydrogen) atoms. The Balaban J connectivity index is 0.00000128. The first-order chi connectivity index (χ1) is 7.22. The Morgan fingerprint density at radius 3 is 2.75 bits per heavy atom. The molecule has 0 bridgehead atoms. The van der Waals surface area contributed by atoms with Crippen LogP contribution in [0.3, 0.4) is 0 Å². The molecule has 0 aliphatic carbocycles. The Morgan fingerprint density at radius 2 is 2.06 bits per heavy atom. The van der Waals surface area contributed by atoms with E-state index in [1.54, 1.807) is 0 Å². The summed E-state index contributed by atoms with van der Waals surface area (Å²) in [6.45, 7) is 4.38. The zero-order chi connectivity index (χ0) is 10.8. The van der Waals surface area contributed by atoms with E-state index in [0.29, 0.717) is 5.92 Å². The van der Waals surface area contributed by atoms with E-state index in [4.69, 9.17) is 5.73 Å². The Bertz CT molecular complexity index is 450. The number of halogens is 1. The van der Waals surface area contributed by atoms with E-state index < -0.39 is 0 Å². The van der Waals surface area contributed by atoms with Crippen molar-refractivity contribution in [2.45, 2.75) is 26.3 Å². The number of aromatic nitrogens is 1. The molecule has 1 aromatic heterocycles. The number of fused-ring (bicyclic) bond motifs is 1. The van der Waals surface area contributed by atoms with E-state index in [1.807, 2.05) is 6.20 Å². The van der Waals surface area contributed by atoms with Crippen LogP contribution in [0.15, 0.2) is 30.5 Å². The lowest BCUT2D eigenvalue weighted by Gasteiger charge is -2.18. The summed E-state index contributed by atoms with van der Waals surface area (Å²) in [6, 6.07) is 8.64. The van der Waals surface area contributed by atoms with E-state index >= 15 is 0 Å². The van der Waals surface area contributed by atoms with Gasteiger partial charge < -0.3 is 10.7 Å². The topological polar surface area (TPSA) is 41.8 Å². The molecule has 0 saturated heterocycles. The number of hydrogen-bond acceptors (Lipinski definition) is 1. The largest absolute Gasteiger partial charge is 0.361 e. The van der Waals surface area contributed by atoms with Crippen LogP contribution in [0.4, 0.5) is 0 Å². The Hall–Kier alpha value is -0.990. The highest BCUT2D eigenvalue weighted by atomic mass is 35.5. The number of H-pyrrole nitrogens is 1. The number of aromatic amines is 1. The van der Waals surface area contributed by atoms with Crippen LogP contribution in [0.2, 0.25) is 0 Å². The molecular formula is C13H19ClN2. The highest BCUT2D eigenvalue weighted by Crippen LogP contribution is 2.24. The molecule has 1 unspecified atom stereocenters. The fourth-order valence-electron chi connectivity index (χ4n) is 1.86. The van der Waals surface area contributed by atoms with Crippen LogP contribution >= 0.6 is 12.4 Å². The van der Waals surface area contributed by atoms with Crippen molar-refractivity contribution in [1.29, 1.82) is 0 Å². The lowest BCUT2D eigenvalue weighted by molar-refractivity contribution is 0.457. The third-order valence-electron chi connectivity index (χ3n) is 3.22. The molecule has 0 spiro atoms. The van der Waals surface area contributed by atoms with Crippen molar-refractivity contribution in [2.24, 2.45) is 11.7 Å². The SMILES string of the molecule is CCC(C)[C@H](N)c1ccc2cc[nH]c2c1.Cl. The van der Waals surface area contributed by atoms with Gasteiger partial charge in [-0.2, -0.15) is 0 Å². The summed E-state index contributed by atoms with van der Waals surface area (Å²) in [4.78, 5) is 3.22. The first kappa shape index (κ1) is 13.1. The maximum Gasteiger partial charge on any atom is 0.0457 e. The van der Waals surface area contributed by atoms with Gasteiger partial charge in [0.25, 0.3) is 0 Å². The van der Waals surface area contributed by atoms with Gasteiger partial charge in [0.1, 0.15) is 0 Å². The lowest BCUT2D eigenvalue weighted by atomic mass is 9.93. The minimum atomic E-state index is 0. The molecule has 88 valence electrons. The van der Waals surface area contributed by atoms with Crippen LogP contribution < -0.4 is 5.73 Å². The molecule has 3 N–H and O–H groups in total. The van der Waals surface area contributed by atoms with Crippen LogP contribution in [0.25, 0.3) is 10.9 Å². The van der Waals surface area contributed by atoms with Crippen LogP contribution in [-0.2, 0) is 0 Å². The quantitative estimate of drug-likeness (QED) is 0.843. The standard InChI is InChI=1S/C13H18N2.ClH/c1-3-9(2)13(14)11-5-4-10-6-7-15-12(10)8-11;/h4-9,13,15H,3,14H2,1-2H3;1H/t9?,13-;/m0./s1. The highest BCUT2D eigenvalue weighted by Gasteiger charge is 2.13. The maximum absolute atomic E-state index is 6.19. The van der Waals surface area contributed by atoms with Crippen LogP contribution in [0.5, 0.6) is 0 Å². The van der Waals surface area contributed by atoms with Gasteiger partial charge in [0.15, 0.2) is 0 Å². The fourth-order valence-corrected chi connectivity index (χ4v) is 1.86. The van der Waals surface area contributed by atoms with Crippen molar-refractivity contribution >= 4 is 23.3 Å². The van der Waals surface area contributed by atoms with Crippen LogP contribution in [0, 0.1) is 5.92 Å². The molecule has 2 atom stereocenters. The van der Waals surface area contributed by atoms with Crippen molar-refractivity contribution in [1.82, 2.24) is 4.98 Å². The molecule has 0 aliphatic rings. The van der Waals surface area contributed by atoms with Crippen LogP contribution in [0.1, 0.15) is 31.9 Å². The maximum atomic E-state index is 6.19. The Morgan fingerprint density at radius 1 is 1.31 bits per heavy atom. The molecule has 0 saturated carbocycles. The third-order valence-corrected chi connectivity index (χ3v) is 3.22. The number of nitrogens with two attached hydrogens (primary N) is 1. The van der Waals surface area contributed by atoms with Crippen LogP contribution in [-0.4, -0.2) is 4.98 Å². The fraction of sp³-hybridized carbons (Fsp3) is 0.385. The molecule has 1 aromatic carbocycles. The summed E-state index contributed by atoms with van der Waals surface area (Å²) in [5, 5.41) is 1.25. The first-order valence-electron chi connectivity index (χ1n) is 5.55. The summed E-state index contributed by atoms with van der Waals surface area (Å²) < 4.78 is 0. The van der Waals surface area contributed by atoms with Gasteiger partial charge in [0, 0.05) is 17.8 Å². The number of benzene rings is 1. The van der Waals surface area contributed by atoms with E-state index in [0.717, 1.165) is 6.42 Å². The Labute approximate surface area is 103 Å². The summed E-state index contributed by atoms with van der Waals surface area (Å²) >= 11 is 0. The number of nitrogens with one attached hydrogen (secondary N) is 1. The van der Waals surface area contributed by atoms with Gasteiger partial charge in [0.2, 0.25) is 0 Å². The van der Waals surface area contributed by atoms with E-state index in [9.17, 15) is 0 Å². The zero-order valence-electron chi connectivity index (χ0n) is 9.73. The summed E-state index contributed by atoms with van der Waals surface area (Å²) in [5.41, 5.74) is 8.59. The Kier molecular flexibility index (Phi) is 4.39. The van der Waals surface area contributed by atoms with Gasteiger partial charge in [-0.15, -0.1) is 12.4 Å². The average molecular weight is 239 g/mol. The molecule has 0 aliphatic heterocycles. The molecule has 2 rings (SSSR count). The molecular weight excluding hydrogens is 220 g/mol. The average Bonchev–Trinajstić information content (AvgIpc) is 2.73. The second-order valence-corrected chi connectivity index (χ2v) is 4.24. The van der Waals surface area contributed by atoms with E-state index in [2.05, 4.69) is 43.1 Å². The molecule has 2 nitrogen and oxygen atoms in total. The number of hydrogen-bond donors (Lipinski definition) is 2. The summed E-state index contributed by atoms with van der Waals surface area (Å²) in [5.74, 6) is 0.525. The van der Waals surface area contributed by atoms with Gasteiger partial charge in [-0.05, 0) is 29.0 Å². The molecule has 1 heterocycles. The van der Waals surface area contributed by atoms with Gasteiger partial charge in [0.05, 0.1) is 0 Å². The van der Waals surface area contributed by atoms with E-state index in [-0.39, 0.29) is 18.4 Å².